The number of carbonyl (C=O) groups excluding carboxylic acids is 1. The second-order valence-electron chi connectivity index (χ2n) is 5.32. The quantitative estimate of drug-likeness (QED) is 0.777. The third-order valence-electron chi connectivity index (χ3n) is 3.18. The molecule has 0 fully saturated rings. The Labute approximate surface area is 102 Å². The highest BCUT2D eigenvalue weighted by atomic mass is 16.5. The molecule has 2 rings (SSSR count). The molecule has 0 aliphatic heterocycles. The second kappa shape index (κ2) is 4.36. The van der Waals surface area contributed by atoms with E-state index in [1.165, 1.54) is 0 Å². The summed E-state index contributed by atoms with van der Waals surface area (Å²) in [6.07, 6.45) is 3.63. The van der Waals surface area contributed by atoms with Crippen molar-refractivity contribution < 1.29 is 9.53 Å². The van der Waals surface area contributed by atoms with E-state index in [4.69, 9.17) is 4.74 Å². The summed E-state index contributed by atoms with van der Waals surface area (Å²) in [6, 6.07) is 7.69. The molecule has 1 aromatic rings. The minimum absolute atomic E-state index is 0.0967. The molecule has 0 atom stereocenters. The maximum atomic E-state index is 12.1. The number of allylic oxidation sites excluding steroid dienone is 2. The van der Waals surface area contributed by atoms with Crippen LogP contribution in [0.1, 0.15) is 32.3 Å². The van der Waals surface area contributed by atoms with Crippen molar-refractivity contribution in [1.82, 2.24) is 0 Å². The van der Waals surface area contributed by atoms with Gasteiger partial charge in [-0.1, -0.05) is 32.1 Å². The Morgan fingerprint density at radius 1 is 1.29 bits per heavy atom. The standard InChI is InChI=1S/C15H18O2/c1-15(2)8-7-13(14(16)10-15)11-5-4-6-12(9-11)17-3/h4-7,9H,8,10H2,1-3H3. The molecule has 0 bridgehead atoms. The van der Waals surface area contributed by atoms with E-state index in [-0.39, 0.29) is 11.2 Å². The Bertz CT molecular complexity index is 470. The van der Waals surface area contributed by atoms with Crippen molar-refractivity contribution in [3.05, 3.63) is 35.9 Å². The predicted octanol–water partition coefficient (Wildman–Crippen LogP) is 3.47. The predicted molar refractivity (Wildman–Crippen MR) is 69.0 cm³/mol. The van der Waals surface area contributed by atoms with Crippen LogP contribution in [0.2, 0.25) is 0 Å². The summed E-state index contributed by atoms with van der Waals surface area (Å²) in [5.41, 5.74) is 1.90. The van der Waals surface area contributed by atoms with E-state index in [0.29, 0.717) is 6.42 Å². The Morgan fingerprint density at radius 3 is 2.71 bits per heavy atom. The summed E-state index contributed by atoms with van der Waals surface area (Å²) in [5.74, 6) is 1.02. The molecular formula is C15H18O2. The minimum atomic E-state index is 0.0967. The number of hydrogen-bond donors (Lipinski definition) is 0. The van der Waals surface area contributed by atoms with Crippen molar-refractivity contribution in [2.45, 2.75) is 26.7 Å². The van der Waals surface area contributed by atoms with Crippen molar-refractivity contribution in [3.8, 4) is 5.75 Å². The number of carbonyl (C=O) groups is 1. The van der Waals surface area contributed by atoms with E-state index in [0.717, 1.165) is 23.3 Å². The normalized spacial score (nSPS) is 18.8. The fourth-order valence-corrected chi connectivity index (χ4v) is 2.16. The van der Waals surface area contributed by atoms with Gasteiger partial charge in [-0.05, 0) is 29.5 Å². The lowest BCUT2D eigenvalue weighted by Gasteiger charge is -2.27. The molecule has 0 amide bonds. The fourth-order valence-electron chi connectivity index (χ4n) is 2.16. The summed E-state index contributed by atoms with van der Waals surface area (Å²) in [4.78, 5) is 12.1. The number of ketones is 1. The van der Waals surface area contributed by atoms with Gasteiger partial charge in [0, 0.05) is 12.0 Å². The maximum Gasteiger partial charge on any atom is 0.163 e. The van der Waals surface area contributed by atoms with Gasteiger partial charge in [0.25, 0.3) is 0 Å². The minimum Gasteiger partial charge on any atom is -0.497 e. The smallest absolute Gasteiger partial charge is 0.163 e. The van der Waals surface area contributed by atoms with Gasteiger partial charge in [0.05, 0.1) is 7.11 Å². The van der Waals surface area contributed by atoms with E-state index in [1.54, 1.807) is 7.11 Å². The van der Waals surface area contributed by atoms with Crippen molar-refractivity contribution in [1.29, 1.82) is 0 Å². The van der Waals surface area contributed by atoms with Gasteiger partial charge in [-0.15, -0.1) is 0 Å². The van der Waals surface area contributed by atoms with Crippen molar-refractivity contribution in [3.63, 3.8) is 0 Å². The first-order valence-electron chi connectivity index (χ1n) is 5.90. The van der Waals surface area contributed by atoms with Crippen molar-refractivity contribution in [2.24, 2.45) is 5.41 Å². The molecule has 1 aliphatic carbocycles. The number of rotatable bonds is 2. The van der Waals surface area contributed by atoms with E-state index in [9.17, 15) is 4.79 Å². The average Bonchev–Trinajstić information content (AvgIpc) is 2.28. The van der Waals surface area contributed by atoms with Gasteiger partial charge in [-0.2, -0.15) is 0 Å². The lowest BCUT2D eigenvalue weighted by molar-refractivity contribution is -0.115. The molecule has 2 heteroatoms. The zero-order valence-electron chi connectivity index (χ0n) is 10.6. The molecule has 2 nitrogen and oxygen atoms in total. The van der Waals surface area contributed by atoms with Crippen LogP contribution < -0.4 is 4.74 Å². The van der Waals surface area contributed by atoms with Crippen LogP contribution in [0.15, 0.2) is 30.3 Å². The van der Waals surface area contributed by atoms with Crippen LogP contribution in [0.25, 0.3) is 5.57 Å². The van der Waals surface area contributed by atoms with Gasteiger partial charge in [0.2, 0.25) is 0 Å². The van der Waals surface area contributed by atoms with Gasteiger partial charge in [-0.25, -0.2) is 0 Å². The third kappa shape index (κ3) is 2.57. The number of ether oxygens (including phenoxy) is 1. The van der Waals surface area contributed by atoms with Gasteiger partial charge < -0.3 is 4.74 Å². The first kappa shape index (κ1) is 11.9. The van der Waals surface area contributed by atoms with Gasteiger partial charge >= 0.3 is 0 Å². The largest absolute Gasteiger partial charge is 0.497 e. The number of benzene rings is 1. The van der Waals surface area contributed by atoms with Crippen LogP contribution in [-0.2, 0) is 4.79 Å². The number of hydrogen-bond acceptors (Lipinski definition) is 2. The van der Waals surface area contributed by atoms with E-state index in [1.807, 2.05) is 24.3 Å². The highest BCUT2D eigenvalue weighted by Crippen LogP contribution is 2.36. The Hall–Kier alpha value is -1.57. The SMILES string of the molecule is COc1cccc(C2=CCC(C)(C)CC2=O)c1. The number of Topliss-reactive ketones (excluding diaryl/α,β-unsaturated/α-hetero) is 1. The lowest BCUT2D eigenvalue weighted by Crippen LogP contribution is -2.21. The molecule has 0 N–H and O–H groups in total. The molecular weight excluding hydrogens is 212 g/mol. The fraction of sp³-hybridized carbons (Fsp3) is 0.400. The Balaban J connectivity index is 2.34. The zero-order chi connectivity index (χ0) is 12.5. The van der Waals surface area contributed by atoms with Crippen LogP contribution in [0, 0.1) is 5.41 Å². The van der Waals surface area contributed by atoms with Crippen LogP contribution in [0.4, 0.5) is 0 Å². The summed E-state index contributed by atoms with van der Waals surface area (Å²) in [7, 11) is 1.64. The highest BCUT2D eigenvalue weighted by molar-refractivity contribution is 6.21. The first-order chi connectivity index (χ1) is 8.02. The summed E-state index contributed by atoms with van der Waals surface area (Å²) >= 11 is 0. The van der Waals surface area contributed by atoms with E-state index in [2.05, 4.69) is 19.9 Å². The molecule has 0 aromatic heterocycles. The van der Waals surface area contributed by atoms with Crippen LogP contribution in [0.3, 0.4) is 0 Å². The molecule has 0 saturated heterocycles. The molecule has 0 spiro atoms. The lowest BCUT2D eigenvalue weighted by atomic mass is 9.76. The molecule has 0 saturated carbocycles. The Kier molecular flexibility index (Phi) is 3.05. The number of methoxy groups -OCH3 is 1. The average molecular weight is 230 g/mol. The summed E-state index contributed by atoms with van der Waals surface area (Å²) in [6.45, 7) is 4.26. The molecule has 0 radical (unpaired) electrons. The summed E-state index contributed by atoms with van der Waals surface area (Å²) < 4.78 is 5.18. The highest BCUT2D eigenvalue weighted by Gasteiger charge is 2.28. The molecule has 0 unspecified atom stereocenters. The molecule has 90 valence electrons. The molecule has 1 aromatic carbocycles. The molecule has 17 heavy (non-hydrogen) atoms. The van der Waals surface area contributed by atoms with Crippen molar-refractivity contribution in [2.75, 3.05) is 7.11 Å². The van der Waals surface area contributed by atoms with Gasteiger partial charge in [0.1, 0.15) is 5.75 Å². The van der Waals surface area contributed by atoms with Gasteiger partial charge in [0.15, 0.2) is 5.78 Å². The maximum absolute atomic E-state index is 12.1. The Morgan fingerprint density at radius 2 is 2.06 bits per heavy atom. The summed E-state index contributed by atoms with van der Waals surface area (Å²) in [5, 5.41) is 0. The van der Waals surface area contributed by atoms with E-state index < -0.39 is 0 Å². The third-order valence-corrected chi connectivity index (χ3v) is 3.18. The monoisotopic (exact) mass is 230 g/mol. The zero-order valence-corrected chi connectivity index (χ0v) is 10.6. The first-order valence-corrected chi connectivity index (χ1v) is 5.90. The molecule has 0 heterocycles. The topological polar surface area (TPSA) is 26.3 Å². The molecule has 1 aliphatic rings. The van der Waals surface area contributed by atoms with E-state index >= 15 is 0 Å². The van der Waals surface area contributed by atoms with Crippen molar-refractivity contribution >= 4 is 11.4 Å². The van der Waals surface area contributed by atoms with Crippen LogP contribution >= 0.6 is 0 Å². The van der Waals surface area contributed by atoms with Crippen LogP contribution in [-0.4, -0.2) is 12.9 Å². The second-order valence-corrected chi connectivity index (χ2v) is 5.32. The van der Waals surface area contributed by atoms with Gasteiger partial charge in [-0.3, -0.25) is 4.79 Å². The van der Waals surface area contributed by atoms with Crippen LogP contribution in [0.5, 0.6) is 5.75 Å².